The van der Waals surface area contributed by atoms with E-state index in [2.05, 4.69) is 15.9 Å². The fourth-order valence-electron chi connectivity index (χ4n) is 1.73. The molecule has 0 bridgehead atoms. The molecule has 0 aliphatic heterocycles. The Kier molecular flexibility index (Phi) is 8.05. The zero-order valence-corrected chi connectivity index (χ0v) is 13.0. The van der Waals surface area contributed by atoms with Gasteiger partial charge >= 0.3 is 0 Å². The Hall–Kier alpha value is -0.620. The molecule has 1 aromatic carbocycles. The van der Waals surface area contributed by atoms with Crippen LogP contribution in [0, 0.1) is 6.92 Å². The Bertz CT molecular complexity index is 382. The number of aliphatic hydroxyl groups excluding tert-OH is 1. The van der Waals surface area contributed by atoms with E-state index in [0.29, 0.717) is 26.4 Å². The molecule has 0 aliphatic carbocycles. The molecule has 0 saturated heterocycles. The smallest absolute Gasteiger partial charge is 0.127 e. The van der Waals surface area contributed by atoms with E-state index in [1.807, 2.05) is 19.1 Å². The fourth-order valence-corrected chi connectivity index (χ4v) is 2.35. The van der Waals surface area contributed by atoms with Crippen molar-refractivity contribution in [1.29, 1.82) is 0 Å². The van der Waals surface area contributed by atoms with E-state index in [1.165, 1.54) is 0 Å². The van der Waals surface area contributed by atoms with Gasteiger partial charge in [-0.1, -0.05) is 15.9 Å². The summed E-state index contributed by atoms with van der Waals surface area (Å²) in [7, 11) is 1.68. The molecule has 0 radical (unpaired) electrons. The van der Waals surface area contributed by atoms with Gasteiger partial charge in [-0.3, -0.25) is 0 Å². The van der Waals surface area contributed by atoms with Crippen LogP contribution in [0.5, 0.6) is 5.75 Å². The summed E-state index contributed by atoms with van der Waals surface area (Å²) in [5.74, 6) is 0.742. The molecule has 0 heterocycles. The Labute approximate surface area is 122 Å². The summed E-state index contributed by atoms with van der Waals surface area (Å²) in [6.07, 6.45) is 0.885. The number of methoxy groups -OCH3 is 1. The van der Waals surface area contributed by atoms with Crippen LogP contribution >= 0.6 is 15.9 Å². The Balaban J connectivity index is 2.36. The number of halogens is 1. The van der Waals surface area contributed by atoms with E-state index < -0.39 is 0 Å². The predicted octanol–water partition coefficient (Wildman–Crippen LogP) is 2.68. The number of aryl methyl sites for hydroxylation is 1. The van der Waals surface area contributed by atoms with Crippen LogP contribution in [0.3, 0.4) is 0 Å². The van der Waals surface area contributed by atoms with E-state index in [9.17, 15) is 5.11 Å². The van der Waals surface area contributed by atoms with Crippen LogP contribution in [0.1, 0.15) is 17.5 Å². The highest BCUT2D eigenvalue weighted by Gasteiger charge is 2.08. The van der Waals surface area contributed by atoms with Gasteiger partial charge < -0.3 is 19.3 Å². The summed E-state index contributed by atoms with van der Waals surface area (Å²) >= 11 is 3.40. The number of hydrogen-bond donors (Lipinski definition) is 1. The number of hydrogen-bond acceptors (Lipinski definition) is 4. The van der Waals surface area contributed by atoms with Crippen LogP contribution in [0.2, 0.25) is 0 Å². The first-order valence-corrected chi connectivity index (χ1v) is 7.07. The molecule has 0 atom stereocenters. The van der Waals surface area contributed by atoms with Crippen molar-refractivity contribution in [2.75, 3.05) is 33.5 Å². The van der Waals surface area contributed by atoms with Gasteiger partial charge in [-0.15, -0.1) is 0 Å². The summed E-state index contributed by atoms with van der Waals surface area (Å²) < 4.78 is 17.0. The van der Waals surface area contributed by atoms with Crippen molar-refractivity contribution in [3.05, 3.63) is 27.7 Å². The van der Waals surface area contributed by atoms with Gasteiger partial charge in [-0.2, -0.15) is 0 Å². The number of rotatable bonds is 9. The van der Waals surface area contributed by atoms with Gasteiger partial charge in [0.2, 0.25) is 0 Å². The second-order valence-electron chi connectivity index (χ2n) is 4.18. The Morgan fingerprint density at radius 1 is 1.16 bits per heavy atom. The van der Waals surface area contributed by atoms with Crippen LogP contribution in [0.25, 0.3) is 0 Å². The first kappa shape index (κ1) is 16.4. The van der Waals surface area contributed by atoms with E-state index >= 15 is 0 Å². The number of aliphatic hydroxyl groups is 1. The average molecular weight is 333 g/mol. The Morgan fingerprint density at radius 2 is 1.95 bits per heavy atom. The average Bonchev–Trinajstić information content (AvgIpc) is 2.39. The van der Waals surface area contributed by atoms with Crippen molar-refractivity contribution >= 4 is 15.9 Å². The van der Waals surface area contributed by atoms with Crippen LogP contribution in [0.15, 0.2) is 16.6 Å². The van der Waals surface area contributed by atoms with E-state index in [4.69, 9.17) is 14.2 Å². The summed E-state index contributed by atoms with van der Waals surface area (Å²) in [6, 6.07) is 3.83. The van der Waals surface area contributed by atoms with Crippen LogP contribution in [0.4, 0.5) is 0 Å². The van der Waals surface area contributed by atoms with Crippen LogP contribution in [-0.4, -0.2) is 38.6 Å². The molecule has 4 nitrogen and oxygen atoms in total. The minimum Gasteiger partial charge on any atom is -0.491 e. The summed E-state index contributed by atoms with van der Waals surface area (Å²) in [5, 5.41) is 9.32. The molecule has 0 aromatic heterocycles. The topological polar surface area (TPSA) is 47.9 Å². The second kappa shape index (κ2) is 9.31. The molecule has 1 rings (SSSR count). The third-order valence-electron chi connectivity index (χ3n) is 2.60. The van der Waals surface area contributed by atoms with Crippen LogP contribution in [-0.2, 0) is 16.1 Å². The molecule has 0 unspecified atom stereocenters. The monoisotopic (exact) mass is 332 g/mol. The normalized spacial score (nSPS) is 10.7. The largest absolute Gasteiger partial charge is 0.491 e. The molecular weight excluding hydrogens is 312 g/mol. The molecule has 0 fully saturated rings. The third-order valence-corrected chi connectivity index (χ3v) is 3.06. The number of ether oxygens (including phenoxy) is 3. The van der Waals surface area contributed by atoms with Gasteiger partial charge in [-0.25, -0.2) is 0 Å². The molecule has 0 aliphatic rings. The van der Waals surface area contributed by atoms with E-state index in [1.54, 1.807) is 7.11 Å². The van der Waals surface area contributed by atoms with Crippen molar-refractivity contribution in [3.8, 4) is 5.75 Å². The highest BCUT2D eigenvalue weighted by atomic mass is 79.9. The van der Waals surface area contributed by atoms with Gasteiger partial charge in [0.25, 0.3) is 0 Å². The minimum absolute atomic E-state index is 0.0374. The van der Waals surface area contributed by atoms with Crippen molar-refractivity contribution in [3.63, 3.8) is 0 Å². The molecular formula is C14H21BrO4. The molecule has 1 aromatic rings. The predicted molar refractivity (Wildman–Crippen MR) is 77.6 cm³/mol. The van der Waals surface area contributed by atoms with E-state index in [-0.39, 0.29) is 6.61 Å². The molecule has 1 N–H and O–H groups in total. The summed E-state index contributed by atoms with van der Waals surface area (Å²) in [4.78, 5) is 0. The van der Waals surface area contributed by atoms with Crippen molar-refractivity contribution < 1.29 is 19.3 Å². The van der Waals surface area contributed by atoms with Gasteiger partial charge in [0.1, 0.15) is 12.4 Å². The Morgan fingerprint density at radius 3 is 2.63 bits per heavy atom. The van der Waals surface area contributed by atoms with Crippen molar-refractivity contribution in [1.82, 2.24) is 0 Å². The molecule has 0 spiro atoms. The molecule has 0 saturated carbocycles. The van der Waals surface area contributed by atoms with Gasteiger partial charge in [0.05, 0.1) is 13.2 Å². The summed E-state index contributed by atoms with van der Waals surface area (Å²) in [5.41, 5.74) is 1.78. The maximum atomic E-state index is 9.32. The zero-order chi connectivity index (χ0) is 14.1. The summed E-state index contributed by atoms with van der Waals surface area (Å²) in [6.45, 7) is 4.31. The number of benzene rings is 1. The third kappa shape index (κ3) is 5.91. The lowest BCUT2D eigenvalue weighted by Gasteiger charge is -2.13. The molecule has 0 amide bonds. The highest BCUT2D eigenvalue weighted by Crippen LogP contribution is 2.28. The second-order valence-corrected chi connectivity index (χ2v) is 5.09. The van der Waals surface area contributed by atoms with Crippen molar-refractivity contribution in [2.24, 2.45) is 0 Å². The van der Waals surface area contributed by atoms with E-state index in [0.717, 1.165) is 27.8 Å². The zero-order valence-electron chi connectivity index (χ0n) is 11.4. The van der Waals surface area contributed by atoms with Gasteiger partial charge in [-0.05, 0) is 31.0 Å². The highest BCUT2D eigenvalue weighted by molar-refractivity contribution is 9.10. The fraction of sp³-hybridized carbons (Fsp3) is 0.571. The SMILES string of the molecule is COCCCOCCOc1c(C)cc(Br)cc1CO. The standard InChI is InChI=1S/C14H21BrO4/c1-11-8-13(15)9-12(10-16)14(11)19-7-6-18-5-3-4-17-2/h8-9,16H,3-7,10H2,1-2H3. The lowest BCUT2D eigenvalue weighted by molar-refractivity contribution is 0.0799. The van der Waals surface area contributed by atoms with Gasteiger partial charge in [0.15, 0.2) is 0 Å². The molecule has 108 valence electrons. The molecule has 19 heavy (non-hydrogen) atoms. The lowest BCUT2D eigenvalue weighted by atomic mass is 10.1. The maximum absolute atomic E-state index is 9.32. The van der Waals surface area contributed by atoms with Gasteiger partial charge in [0, 0.05) is 30.4 Å². The van der Waals surface area contributed by atoms with Crippen LogP contribution < -0.4 is 4.74 Å². The first-order chi connectivity index (χ1) is 9.19. The maximum Gasteiger partial charge on any atom is 0.127 e. The lowest BCUT2D eigenvalue weighted by Crippen LogP contribution is -2.10. The quantitative estimate of drug-likeness (QED) is 0.706. The first-order valence-electron chi connectivity index (χ1n) is 6.28. The van der Waals surface area contributed by atoms with Crippen molar-refractivity contribution in [2.45, 2.75) is 20.0 Å². The molecule has 5 heteroatoms. The minimum atomic E-state index is -0.0374.